The van der Waals surface area contributed by atoms with Gasteiger partial charge in [-0.25, -0.2) is 0 Å². The van der Waals surface area contributed by atoms with Gasteiger partial charge >= 0.3 is 0 Å². The highest BCUT2D eigenvalue weighted by atomic mass is 16.1. The Morgan fingerprint density at radius 2 is 2.05 bits per heavy atom. The summed E-state index contributed by atoms with van der Waals surface area (Å²) in [6.07, 6.45) is 8.86. The van der Waals surface area contributed by atoms with E-state index in [0.717, 1.165) is 36.1 Å². The zero-order chi connectivity index (χ0) is 13.2. The Morgan fingerprint density at radius 3 is 2.79 bits per heavy atom. The van der Waals surface area contributed by atoms with E-state index in [1.165, 1.54) is 11.1 Å². The van der Waals surface area contributed by atoms with Gasteiger partial charge in [-0.05, 0) is 48.1 Å². The van der Waals surface area contributed by atoms with E-state index in [0.29, 0.717) is 0 Å². The molecule has 2 N–H and O–H groups in total. The van der Waals surface area contributed by atoms with Crippen LogP contribution in [0.15, 0.2) is 30.7 Å². The zero-order valence-corrected chi connectivity index (χ0v) is 10.6. The number of aromatic nitrogens is 2. The molecule has 1 aliphatic carbocycles. The Hall–Kier alpha value is -2.23. The summed E-state index contributed by atoms with van der Waals surface area (Å²) in [6.45, 7) is 0. The van der Waals surface area contributed by atoms with Crippen LogP contribution in [-0.2, 0) is 24.1 Å². The molecular weight excluding hydrogens is 238 g/mol. The number of hydrogen-bond donors (Lipinski definition) is 1. The number of primary amides is 1. The number of nitrogens with two attached hydrogens (primary N) is 1. The number of carbonyl (C=O) groups excluding carboxylic acids is 1. The Balaban J connectivity index is 2.19. The molecule has 1 aliphatic rings. The standard InChI is InChI=1S/C15H15N3O/c16-14(19)8-13-15(10-4-6-17-7-5-10)12-3-1-2-11(12)9-18-13/h4-7,9H,1-3,8H2,(H2,16,19). The average molecular weight is 253 g/mol. The van der Waals surface area contributed by atoms with Crippen molar-refractivity contribution in [2.45, 2.75) is 25.7 Å². The van der Waals surface area contributed by atoms with Crippen LogP contribution in [0.2, 0.25) is 0 Å². The van der Waals surface area contributed by atoms with Crippen molar-refractivity contribution in [2.24, 2.45) is 5.73 Å². The first kappa shape index (κ1) is 11.8. The second kappa shape index (κ2) is 4.80. The lowest BCUT2D eigenvalue weighted by atomic mass is 9.95. The lowest BCUT2D eigenvalue weighted by molar-refractivity contribution is -0.117. The quantitative estimate of drug-likeness (QED) is 0.904. The first-order chi connectivity index (χ1) is 9.25. The average Bonchev–Trinajstić information content (AvgIpc) is 2.87. The summed E-state index contributed by atoms with van der Waals surface area (Å²) in [7, 11) is 0. The minimum Gasteiger partial charge on any atom is -0.369 e. The normalized spacial score (nSPS) is 13.3. The molecule has 0 unspecified atom stereocenters. The monoisotopic (exact) mass is 253 g/mol. The van der Waals surface area contributed by atoms with E-state index in [1.54, 1.807) is 12.4 Å². The first-order valence-electron chi connectivity index (χ1n) is 6.44. The summed E-state index contributed by atoms with van der Waals surface area (Å²) < 4.78 is 0. The number of pyridine rings is 2. The van der Waals surface area contributed by atoms with Gasteiger partial charge in [-0.15, -0.1) is 0 Å². The van der Waals surface area contributed by atoms with Crippen LogP contribution in [0.25, 0.3) is 11.1 Å². The molecule has 0 atom stereocenters. The van der Waals surface area contributed by atoms with E-state index in [9.17, 15) is 4.79 Å². The van der Waals surface area contributed by atoms with Crippen molar-refractivity contribution in [3.63, 3.8) is 0 Å². The fourth-order valence-electron chi connectivity index (χ4n) is 2.75. The van der Waals surface area contributed by atoms with E-state index < -0.39 is 0 Å². The van der Waals surface area contributed by atoms with Crippen LogP contribution in [-0.4, -0.2) is 15.9 Å². The van der Waals surface area contributed by atoms with Gasteiger partial charge < -0.3 is 5.73 Å². The van der Waals surface area contributed by atoms with E-state index >= 15 is 0 Å². The molecule has 2 heterocycles. The number of rotatable bonds is 3. The van der Waals surface area contributed by atoms with Crippen LogP contribution >= 0.6 is 0 Å². The van der Waals surface area contributed by atoms with E-state index in [1.807, 2.05) is 18.3 Å². The SMILES string of the molecule is NC(=O)Cc1ncc2c(c1-c1ccncc1)CCC2. The van der Waals surface area contributed by atoms with E-state index in [2.05, 4.69) is 9.97 Å². The van der Waals surface area contributed by atoms with Crippen LogP contribution in [0.4, 0.5) is 0 Å². The maximum atomic E-state index is 11.2. The van der Waals surface area contributed by atoms with Crippen molar-refractivity contribution in [1.29, 1.82) is 0 Å². The molecule has 0 spiro atoms. The zero-order valence-electron chi connectivity index (χ0n) is 10.6. The van der Waals surface area contributed by atoms with Gasteiger partial charge in [0.05, 0.1) is 12.1 Å². The Bertz CT molecular complexity index is 623. The summed E-state index contributed by atoms with van der Waals surface area (Å²) >= 11 is 0. The summed E-state index contributed by atoms with van der Waals surface area (Å²) in [6, 6.07) is 3.92. The van der Waals surface area contributed by atoms with Crippen LogP contribution in [0.3, 0.4) is 0 Å². The van der Waals surface area contributed by atoms with Gasteiger partial charge in [-0.3, -0.25) is 14.8 Å². The number of aryl methyl sites for hydroxylation is 1. The van der Waals surface area contributed by atoms with Gasteiger partial charge in [0.25, 0.3) is 0 Å². The van der Waals surface area contributed by atoms with Crippen molar-refractivity contribution in [2.75, 3.05) is 0 Å². The predicted octanol–water partition coefficient (Wildman–Crippen LogP) is 1.66. The van der Waals surface area contributed by atoms with Crippen LogP contribution in [0.5, 0.6) is 0 Å². The Morgan fingerprint density at radius 1 is 1.26 bits per heavy atom. The molecule has 0 bridgehead atoms. The molecule has 3 rings (SSSR count). The fourth-order valence-corrected chi connectivity index (χ4v) is 2.75. The summed E-state index contributed by atoms with van der Waals surface area (Å²) in [4.78, 5) is 19.7. The summed E-state index contributed by atoms with van der Waals surface area (Å²) in [5.41, 5.74) is 10.9. The van der Waals surface area contributed by atoms with Crippen LogP contribution in [0, 0.1) is 0 Å². The van der Waals surface area contributed by atoms with Crippen molar-refractivity contribution < 1.29 is 4.79 Å². The number of amides is 1. The van der Waals surface area contributed by atoms with Gasteiger partial charge in [0, 0.05) is 24.2 Å². The molecule has 0 aromatic carbocycles. The van der Waals surface area contributed by atoms with Crippen molar-refractivity contribution in [3.8, 4) is 11.1 Å². The first-order valence-corrected chi connectivity index (χ1v) is 6.44. The van der Waals surface area contributed by atoms with Crippen molar-refractivity contribution in [3.05, 3.63) is 47.5 Å². The second-order valence-electron chi connectivity index (χ2n) is 4.82. The van der Waals surface area contributed by atoms with Gasteiger partial charge in [0.2, 0.25) is 5.91 Å². The summed E-state index contributed by atoms with van der Waals surface area (Å²) in [5.74, 6) is -0.347. The van der Waals surface area contributed by atoms with Crippen LogP contribution in [0.1, 0.15) is 23.2 Å². The maximum absolute atomic E-state index is 11.2. The molecule has 2 aromatic heterocycles. The topological polar surface area (TPSA) is 68.9 Å². The van der Waals surface area contributed by atoms with Crippen molar-refractivity contribution >= 4 is 5.91 Å². The third-order valence-corrected chi connectivity index (χ3v) is 3.54. The molecule has 4 nitrogen and oxygen atoms in total. The van der Waals surface area contributed by atoms with Gasteiger partial charge in [-0.2, -0.15) is 0 Å². The lowest BCUT2D eigenvalue weighted by Crippen LogP contribution is -2.16. The third-order valence-electron chi connectivity index (χ3n) is 3.54. The molecule has 4 heteroatoms. The smallest absolute Gasteiger partial charge is 0.223 e. The Kier molecular flexibility index (Phi) is 2.99. The van der Waals surface area contributed by atoms with Gasteiger partial charge in [-0.1, -0.05) is 0 Å². The second-order valence-corrected chi connectivity index (χ2v) is 4.82. The lowest BCUT2D eigenvalue weighted by Gasteiger charge is -2.13. The number of hydrogen-bond acceptors (Lipinski definition) is 3. The third kappa shape index (κ3) is 2.21. The highest BCUT2D eigenvalue weighted by molar-refractivity contribution is 5.81. The molecular formula is C15H15N3O. The fraction of sp³-hybridized carbons (Fsp3) is 0.267. The minimum absolute atomic E-state index is 0.185. The predicted molar refractivity (Wildman–Crippen MR) is 72.4 cm³/mol. The highest BCUT2D eigenvalue weighted by Gasteiger charge is 2.20. The largest absolute Gasteiger partial charge is 0.369 e. The minimum atomic E-state index is -0.347. The van der Waals surface area contributed by atoms with Crippen LogP contribution < -0.4 is 5.73 Å². The number of fused-ring (bicyclic) bond motifs is 1. The molecule has 96 valence electrons. The van der Waals surface area contributed by atoms with Gasteiger partial charge in [0.1, 0.15) is 0 Å². The number of carbonyl (C=O) groups is 1. The number of nitrogens with zero attached hydrogens (tertiary/aromatic N) is 2. The van der Waals surface area contributed by atoms with E-state index in [-0.39, 0.29) is 12.3 Å². The van der Waals surface area contributed by atoms with Gasteiger partial charge in [0.15, 0.2) is 0 Å². The molecule has 2 aromatic rings. The molecule has 0 saturated carbocycles. The summed E-state index contributed by atoms with van der Waals surface area (Å²) in [5, 5.41) is 0. The maximum Gasteiger partial charge on any atom is 0.223 e. The molecule has 0 radical (unpaired) electrons. The van der Waals surface area contributed by atoms with E-state index in [4.69, 9.17) is 5.73 Å². The van der Waals surface area contributed by atoms with Crippen molar-refractivity contribution in [1.82, 2.24) is 9.97 Å². The Labute approximate surface area is 111 Å². The molecule has 19 heavy (non-hydrogen) atoms. The molecule has 0 aliphatic heterocycles. The highest BCUT2D eigenvalue weighted by Crippen LogP contribution is 2.34. The molecule has 0 saturated heterocycles. The molecule has 1 amide bonds. The molecule has 0 fully saturated rings.